The fourth-order valence-electron chi connectivity index (χ4n) is 2.03. The molecule has 0 bridgehead atoms. The molecule has 0 aliphatic carbocycles. The molecule has 0 aliphatic rings. The fourth-order valence-corrected chi connectivity index (χ4v) is 2.42. The summed E-state index contributed by atoms with van der Waals surface area (Å²) in [5.41, 5.74) is 1.19. The van der Waals surface area contributed by atoms with Crippen molar-refractivity contribution in [2.24, 2.45) is 5.41 Å². The van der Waals surface area contributed by atoms with Crippen molar-refractivity contribution in [2.75, 3.05) is 13.7 Å². The Labute approximate surface area is 135 Å². The molecule has 2 N–H and O–H groups in total. The van der Waals surface area contributed by atoms with Crippen LogP contribution in [0.5, 0.6) is 5.75 Å². The summed E-state index contributed by atoms with van der Waals surface area (Å²) in [6.45, 7) is 5.83. The second-order valence-corrected chi connectivity index (χ2v) is 6.80. The van der Waals surface area contributed by atoms with Gasteiger partial charge in [0, 0.05) is 17.4 Å². The maximum atomic E-state index is 10.6. The highest BCUT2D eigenvalue weighted by molar-refractivity contribution is 9.10. The van der Waals surface area contributed by atoms with Crippen molar-refractivity contribution < 1.29 is 14.6 Å². The van der Waals surface area contributed by atoms with Crippen molar-refractivity contribution in [2.45, 2.75) is 39.7 Å². The Morgan fingerprint density at radius 2 is 2.10 bits per heavy atom. The van der Waals surface area contributed by atoms with Gasteiger partial charge in [-0.25, -0.2) is 0 Å². The Morgan fingerprint density at radius 1 is 1.38 bits per heavy atom. The standard InChI is InChI=1S/C16H24BrNO3/c1-16(2,7-6-15(19)20)8-9-18-11-12-10-13(21-3)4-5-14(12)17/h4-5,10,18H,6-9,11H2,1-3H3,(H,19,20). The lowest BCUT2D eigenvalue weighted by Gasteiger charge is -2.24. The summed E-state index contributed by atoms with van der Waals surface area (Å²) in [5.74, 6) is 0.119. The highest BCUT2D eigenvalue weighted by Gasteiger charge is 2.18. The summed E-state index contributed by atoms with van der Waals surface area (Å²) >= 11 is 3.53. The molecule has 0 aliphatic heterocycles. The molecule has 5 heteroatoms. The van der Waals surface area contributed by atoms with Gasteiger partial charge in [0.2, 0.25) is 0 Å². The lowest BCUT2D eigenvalue weighted by molar-refractivity contribution is -0.137. The van der Waals surface area contributed by atoms with Gasteiger partial charge in [-0.1, -0.05) is 29.8 Å². The smallest absolute Gasteiger partial charge is 0.303 e. The zero-order valence-electron chi connectivity index (χ0n) is 12.9. The van der Waals surface area contributed by atoms with Crippen LogP contribution in [0.1, 0.15) is 38.7 Å². The molecule has 0 radical (unpaired) electrons. The molecule has 4 nitrogen and oxygen atoms in total. The van der Waals surface area contributed by atoms with E-state index in [4.69, 9.17) is 9.84 Å². The van der Waals surface area contributed by atoms with Crippen LogP contribution in [-0.2, 0) is 11.3 Å². The monoisotopic (exact) mass is 357 g/mol. The van der Waals surface area contributed by atoms with E-state index in [0.29, 0.717) is 6.42 Å². The van der Waals surface area contributed by atoms with E-state index in [2.05, 4.69) is 35.1 Å². The first-order valence-electron chi connectivity index (χ1n) is 7.09. The first-order valence-corrected chi connectivity index (χ1v) is 7.88. The first-order chi connectivity index (χ1) is 9.84. The summed E-state index contributed by atoms with van der Waals surface area (Å²) < 4.78 is 6.28. The molecule has 0 amide bonds. The largest absolute Gasteiger partial charge is 0.497 e. The number of carboxylic acids is 1. The minimum Gasteiger partial charge on any atom is -0.497 e. The second kappa shape index (κ2) is 8.39. The topological polar surface area (TPSA) is 58.6 Å². The van der Waals surface area contributed by atoms with Gasteiger partial charge in [-0.15, -0.1) is 0 Å². The first kappa shape index (κ1) is 18.0. The predicted octanol–water partition coefficient (Wildman–Crippen LogP) is 3.83. The molecule has 1 aromatic rings. The van der Waals surface area contributed by atoms with E-state index in [9.17, 15) is 4.79 Å². The molecule has 0 unspecified atom stereocenters. The summed E-state index contributed by atoms with van der Waals surface area (Å²) in [4.78, 5) is 10.6. The van der Waals surface area contributed by atoms with Gasteiger partial charge in [-0.2, -0.15) is 0 Å². The number of carbonyl (C=O) groups is 1. The van der Waals surface area contributed by atoms with Gasteiger partial charge in [0.25, 0.3) is 0 Å². The molecule has 1 aromatic carbocycles. The Bertz CT molecular complexity index is 475. The average Bonchev–Trinajstić information content (AvgIpc) is 2.43. The van der Waals surface area contributed by atoms with Crippen LogP contribution in [0.25, 0.3) is 0 Å². The molecule has 21 heavy (non-hydrogen) atoms. The van der Waals surface area contributed by atoms with Crippen LogP contribution in [0.15, 0.2) is 22.7 Å². The highest BCUT2D eigenvalue weighted by Crippen LogP contribution is 2.26. The molecular weight excluding hydrogens is 334 g/mol. The van der Waals surface area contributed by atoms with E-state index >= 15 is 0 Å². The summed E-state index contributed by atoms with van der Waals surface area (Å²) in [6.07, 6.45) is 1.88. The number of hydrogen-bond donors (Lipinski definition) is 2. The molecular formula is C16H24BrNO3. The average molecular weight is 358 g/mol. The van der Waals surface area contributed by atoms with Gasteiger partial charge >= 0.3 is 5.97 Å². The quantitative estimate of drug-likeness (QED) is 0.659. The number of nitrogens with one attached hydrogen (secondary N) is 1. The highest BCUT2D eigenvalue weighted by atomic mass is 79.9. The van der Waals surface area contributed by atoms with Crippen molar-refractivity contribution in [3.63, 3.8) is 0 Å². The van der Waals surface area contributed by atoms with E-state index in [-0.39, 0.29) is 11.8 Å². The van der Waals surface area contributed by atoms with Crippen LogP contribution >= 0.6 is 15.9 Å². The number of methoxy groups -OCH3 is 1. The van der Waals surface area contributed by atoms with Crippen molar-refractivity contribution in [1.29, 1.82) is 0 Å². The molecule has 0 aromatic heterocycles. The number of aliphatic carboxylic acids is 1. The Balaban J connectivity index is 2.38. The summed E-state index contributed by atoms with van der Waals surface area (Å²) in [6, 6.07) is 5.90. The van der Waals surface area contributed by atoms with Gasteiger partial charge in [0.15, 0.2) is 0 Å². The fraction of sp³-hybridized carbons (Fsp3) is 0.562. The van der Waals surface area contributed by atoms with Crippen molar-refractivity contribution >= 4 is 21.9 Å². The van der Waals surface area contributed by atoms with Crippen LogP contribution < -0.4 is 10.1 Å². The molecule has 1 rings (SSSR count). The molecule has 0 spiro atoms. The van der Waals surface area contributed by atoms with Crippen molar-refractivity contribution in [1.82, 2.24) is 5.32 Å². The van der Waals surface area contributed by atoms with Crippen LogP contribution in [0.2, 0.25) is 0 Å². The Hall–Kier alpha value is -1.07. The minimum atomic E-state index is -0.726. The zero-order chi connectivity index (χ0) is 15.9. The molecule has 0 saturated carbocycles. The summed E-state index contributed by atoms with van der Waals surface area (Å²) in [7, 11) is 1.66. The van der Waals surface area contributed by atoms with E-state index in [1.807, 2.05) is 18.2 Å². The minimum absolute atomic E-state index is 0.0387. The zero-order valence-corrected chi connectivity index (χ0v) is 14.5. The second-order valence-electron chi connectivity index (χ2n) is 5.94. The van der Waals surface area contributed by atoms with Gasteiger partial charge < -0.3 is 15.2 Å². The van der Waals surface area contributed by atoms with Gasteiger partial charge in [0.05, 0.1) is 7.11 Å². The number of carboxylic acid groups (broad SMARTS) is 1. The lowest BCUT2D eigenvalue weighted by atomic mass is 9.84. The van der Waals surface area contributed by atoms with Crippen LogP contribution in [0.4, 0.5) is 0 Å². The third kappa shape index (κ3) is 6.96. The van der Waals surface area contributed by atoms with Crippen molar-refractivity contribution in [3.8, 4) is 5.75 Å². The number of halogens is 1. The molecule has 0 heterocycles. The number of ether oxygens (including phenoxy) is 1. The summed E-state index contributed by atoms with van der Waals surface area (Å²) in [5, 5.41) is 12.1. The molecule has 118 valence electrons. The molecule has 0 fully saturated rings. The normalized spacial score (nSPS) is 11.4. The lowest BCUT2D eigenvalue weighted by Crippen LogP contribution is -2.23. The van der Waals surface area contributed by atoms with E-state index < -0.39 is 5.97 Å². The van der Waals surface area contributed by atoms with E-state index in [1.165, 1.54) is 0 Å². The number of rotatable bonds is 9. The Morgan fingerprint density at radius 3 is 2.71 bits per heavy atom. The van der Waals surface area contributed by atoms with Crippen LogP contribution in [-0.4, -0.2) is 24.7 Å². The molecule has 0 atom stereocenters. The number of hydrogen-bond acceptors (Lipinski definition) is 3. The van der Waals surface area contributed by atoms with Crippen LogP contribution in [0, 0.1) is 5.41 Å². The maximum absolute atomic E-state index is 10.6. The van der Waals surface area contributed by atoms with E-state index in [1.54, 1.807) is 7.11 Å². The van der Waals surface area contributed by atoms with E-state index in [0.717, 1.165) is 35.3 Å². The number of benzene rings is 1. The third-order valence-corrected chi connectivity index (χ3v) is 4.34. The molecule has 0 saturated heterocycles. The SMILES string of the molecule is COc1ccc(Br)c(CNCCC(C)(C)CCC(=O)O)c1. The van der Waals surface area contributed by atoms with Crippen molar-refractivity contribution in [3.05, 3.63) is 28.2 Å². The predicted molar refractivity (Wildman–Crippen MR) is 87.7 cm³/mol. The van der Waals surface area contributed by atoms with Gasteiger partial charge in [-0.3, -0.25) is 4.79 Å². The van der Waals surface area contributed by atoms with Crippen LogP contribution in [0.3, 0.4) is 0 Å². The third-order valence-electron chi connectivity index (χ3n) is 3.56. The van der Waals surface area contributed by atoms with Gasteiger partial charge in [-0.05, 0) is 48.6 Å². The maximum Gasteiger partial charge on any atom is 0.303 e. The van der Waals surface area contributed by atoms with Gasteiger partial charge in [0.1, 0.15) is 5.75 Å². The Kier molecular flexibility index (Phi) is 7.18.